The Bertz CT molecular complexity index is 1190. The second-order valence-corrected chi connectivity index (χ2v) is 8.18. The first kappa shape index (κ1) is 23.1. The van der Waals surface area contributed by atoms with Gasteiger partial charge in [-0.05, 0) is 6.92 Å². The van der Waals surface area contributed by atoms with Crippen LogP contribution in [0.4, 0.5) is 11.4 Å². The highest BCUT2D eigenvalue weighted by Crippen LogP contribution is 2.38. The molecule has 0 unspecified atom stereocenters. The second-order valence-electron chi connectivity index (χ2n) is 6.94. The molecule has 0 bridgehead atoms. The number of ether oxygens (including phenoxy) is 1. The summed E-state index contributed by atoms with van der Waals surface area (Å²) in [5.74, 6) is 0. The number of H-pyrrole nitrogens is 1. The smallest absolute Gasteiger partial charge is 0.395 e. The number of phosphoric acid groups is 1. The molecule has 0 aliphatic carbocycles. The van der Waals surface area contributed by atoms with Gasteiger partial charge in [-0.25, -0.2) is 9.36 Å². The van der Waals surface area contributed by atoms with E-state index in [1.54, 1.807) is 0 Å². The van der Waals surface area contributed by atoms with Crippen molar-refractivity contribution < 1.29 is 28.7 Å². The molecule has 1 aromatic carbocycles. The Balaban J connectivity index is 1.87. The van der Waals surface area contributed by atoms with Gasteiger partial charge in [0.15, 0.2) is 0 Å². The first-order valence-corrected chi connectivity index (χ1v) is 10.7. The van der Waals surface area contributed by atoms with Gasteiger partial charge in [-0.3, -0.25) is 28.5 Å². The molecule has 1 aliphatic heterocycles. The number of aliphatic hydroxyl groups excluding tert-OH is 1. The van der Waals surface area contributed by atoms with E-state index in [4.69, 9.17) is 19.6 Å². The molecule has 6 N–H and O–H groups in total. The molecule has 2 heterocycles. The molecule has 0 saturated carbocycles. The lowest BCUT2D eigenvalue weighted by Crippen LogP contribution is -2.42. The number of hydrogen-bond donors (Lipinski definition) is 6. The molecule has 1 fully saturated rings. The van der Waals surface area contributed by atoms with Gasteiger partial charge in [-0.15, -0.1) is 0 Å². The number of anilines is 2. The van der Waals surface area contributed by atoms with Gasteiger partial charge in [0, 0.05) is 24.7 Å². The van der Waals surface area contributed by atoms with Crippen LogP contribution in [0.15, 0.2) is 25.4 Å². The van der Waals surface area contributed by atoms with Gasteiger partial charge in [0.1, 0.15) is 23.7 Å². The van der Waals surface area contributed by atoms with E-state index in [2.05, 4.69) is 20.1 Å². The molecule has 0 radical (unpaired) electrons. The molecule has 3 rings (SSSR count). The van der Waals surface area contributed by atoms with E-state index in [0.29, 0.717) is 0 Å². The van der Waals surface area contributed by atoms with Gasteiger partial charge < -0.3 is 30.3 Å². The van der Waals surface area contributed by atoms with Crippen LogP contribution in [-0.2, 0) is 13.8 Å². The minimum absolute atomic E-state index is 0.0279. The van der Waals surface area contributed by atoms with Crippen molar-refractivity contribution >= 4 is 19.2 Å². The molecular formula is C16H21N4O10P. The number of aromatic nitrogens is 2. The number of aromatic amines is 1. The van der Waals surface area contributed by atoms with Gasteiger partial charge in [-0.1, -0.05) is 0 Å². The number of hydrogen-bond acceptors (Lipinski definition) is 10. The molecule has 1 saturated heterocycles. The summed E-state index contributed by atoms with van der Waals surface area (Å²) in [6.45, 7) is 0.654. The summed E-state index contributed by atoms with van der Waals surface area (Å²) in [5.41, 5.74) is -2.78. The highest BCUT2D eigenvalue weighted by atomic mass is 31.2. The van der Waals surface area contributed by atoms with E-state index in [1.165, 1.54) is 13.1 Å². The van der Waals surface area contributed by atoms with Crippen LogP contribution in [0.3, 0.4) is 0 Å². The Kier molecular flexibility index (Phi) is 6.59. The third-order valence-corrected chi connectivity index (χ3v) is 5.24. The van der Waals surface area contributed by atoms with Crippen LogP contribution in [0.2, 0.25) is 0 Å². The highest BCUT2D eigenvalue weighted by Gasteiger charge is 2.39. The van der Waals surface area contributed by atoms with E-state index in [1.807, 2.05) is 0 Å². The summed E-state index contributed by atoms with van der Waals surface area (Å²) < 4.78 is 22.4. The predicted octanol–water partition coefficient (Wildman–Crippen LogP) is -2.28. The fraction of sp³-hybridized carbons (Fsp3) is 0.500. The number of nitrogens with zero attached hydrogens (tertiary/aromatic N) is 1. The Hall–Kier alpha value is -2.61. The zero-order valence-corrected chi connectivity index (χ0v) is 17.1. The van der Waals surface area contributed by atoms with Gasteiger partial charge in [-0.2, -0.15) is 0 Å². The lowest BCUT2D eigenvalue weighted by atomic mass is 10.1. The summed E-state index contributed by atoms with van der Waals surface area (Å²) in [5, 5.41) is 14.3. The monoisotopic (exact) mass is 460 g/mol. The lowest BCUT2D eigenvalue weighted by Gasteiger charge is -2.22. The fourth-order valence-electron chi connectivity index (χ4n) is 3.24. The van der Waals surface area contributed by atoms with Crippen LogP contribution < -0.4 is 32.7 Å². The Labute approximate surface area is 173 Å². The third kappa shape index (κ3) is 5.01. The Morgan fingerprint density at radius 3 is 2.58 bits per heavy atom. The molecule has 31 heavy (non-hydrogen) atoms. The van der Waals surface area contributed by atoms with Crippen LogP contribution in [0, 0.1) is 6.92 Å². The minimum atomic E-state index is -4.83. The van der Waals surface area contributed by atoms with Crippen molar-refractivity contribution in [2.24, 2.45) is 0 Å². The molecule has 15 heteroatoms. The molecule has 1 aromatic heterocycles. The van der Waals surface area contributed by atoms with Gasteiger partial charge >= 0.3 is 13.5 Å². The first-order chi connectivity index (χ1) is 14.5. The zero-order chi connectivity index (χ0) is 22.9. The third-order valence-electron chi connectivity index (χ3n) is 4.75. The van der Waals surface area contributed by atoms with Crippen LogP contribution in [0.1, 0.15) is 18.2 Å². The number of aliphatic hydroxyl groups is 1. The normalized spacial score (nSPS) is 21.5. The molecular weight excluding hydrogens is 439 g/mol. The Morgan fingerprint density at radius 2 is 1.94 bits per heavy atom. The quantitative estimate of drug-likeness (QED) is 0.173. The predicted molar refractivity (Wildman–Crippen MR) is 107 cm³/mol. The lowest BCUT2D eigenvalue weighted by molar-refractivity contribution is -0.0259. The minimum Gasteiger partial charge on any atom is -0.395 e. The van der Waals surface area contributed by atoms with E-state index < -0.39 is 54.9 Å². The molecule has 0 spiro atoms. The van der Waals surface area contributed by atoms with Crippen molar-refractivity contribution in [2.45, 2.75) is 31.7 Å². The van der Waals surface area contributed by atoms with Gasteiger partial charge in [0.25, 0.3) is 16.4 Å². The summed E-state index contributed by atoms with van der Waals surface area (Å²) in [7, 11) is -4.83. The van der Waals surface area contributed by atoms with Crippen molar-refractivity contribution in [3.8, 4) is 0 Å². The van der Waals surface area contributed by atoms with Crippen molar-refractivity contribution in [2.75, 3.05) is 30.4 Å². The standard InChI is InChI=1S/C16H21N4O10P/c1-7-5-20(16(25)19-15(7)24)10-4-8(9(30-10)6-29-31(26,27)28)18-12-11(17-2-3-21)13(22)14(12)23/h5,8-10,17-18,21H,2-4,6H2,1H3,(H,19,24,25)(H2,26,27,28)/t8-,9+,10+/m0/s1. The summed E-state index contributed by atoms with van der Waals surface area (Å²) >= 11 is 0. The highest BCUT2D eigenvalue weighted by molar-refractivity contribution is 7.46. The number of nitrogens with one attached hydrogen (secondary N) is 3. The first-order valence-electron chi connectivity index (χ1n) is 9.14. The van der Waals surface area contributed by atoms with Crippen molar-refractivity contribution in [1.29, 1.82) is 0 Å². The maximum Gasteiger partial charge on any atom is 0.469 e. The molecule has 1 aliphatic rings. The van der Waals surface area contributed by atoms with Crippen LogP contribution >= 0.6 is 7.82 Å². The van der Waals surface area contributed by atoms with E-state index in [-0.39, 0.29) is 36.5 Å². The molecule has 170 valence electrons. The topological polar surface area (TPSA) is 209 Å². The largest absolute Gasteiger partial charge is 0.469 e. The SMILES string of the molecule is Cc1cn([C@H]2C[C@H](Nc3c(NCCO)c(=O)c3=O)[C@@H](COP(=O)(O)O)O2)c(=O)[nH]c1=O. The fourth-order valence-corrected chi connectivity index (χ4v) is 3.58. The molecule has 14 nitrogen and oxygen atoms in total. The number of rotatable bonds is 9. The molecule has 0 amide bonds. The number of phosphoric ester groups is 1. The average molecular weight is 460 g/mol. The van der Waals surface area contributed by atoms with Crippen molar-refractivity contribution in [3.05, 3.63) is 53.0 Å². The van der Waals surface area contributed by atoms with Crippen molar-refractivity contribution in [1.82, 2.24) is 9.55 Å². The summed E-state index contributed by atoms with van der Waals surface area (Å²) in [4.78, 5) is 67.6. The molecule has 2 aromatic rings. The summed E-state index contributed by atoms with van der Waals surface area (Å²) in [6, 6.07) is -0.784. The van der Waals surface area contributed by atoms with Crippen LogP contribution in [-0.4, -0.2) is 56.3 Å². The van der Waals surface area contributed by atoms with Crippen LogP contribution in [0.5, 0.6) is 0 Å². The zero-order valence-electron chi connectivity index (χ0n) is 16.2. The number of aryl methyl sites for hydroxylation is 1. The maximum absolute atomic E-state index is 12.2. The molecule has 3 atom stereocenters. The average Bonchev–Trinajstić information content (AvgIpc) is 3.10. The van der Waals surface area contributed by atoms with Crippen molar-refractivity contribution in [3.63, 3.8) is 0 Å². The van der Waals surface area contributed by atoms with Gasteiger partial charge in [0.05, 0.1) is 19.3 Å². The van der Waals surface area contributed by atoms with E-state index >= 15 is 0 Å². The second kappa shape index (κ2) is 8.86. The van der Waals surface area contributed by atoms with Crippen LogP contribution in [0.25, 0.3) is 0 Å². The maximum atomic E-state index is 12.2. The Morgan fingerprint density at radius 1 is 1.26 bits per heavy atom. The van der Waals surface area contributed by atoms with E-state index in [9.17, 15) is 23.7 Å². The van der Waals surface area contributed by atoms with E-state index in [0.717, 1.165) is 4.57 Å². The summed E-state index contributed by atoms with van der Waals surface area (Å²) in [6.07, 6.45) is -0.655. The van der Waals surface area contributed by atoms with Gasteiger partial charge in [0.2, 0.25) is 0 Å².